The third-order valence-electron chi connectivity index (χ3n) is 3.40. The maximum atomic E-state index is 12.5. The Morgan fingerprint density at radius 1 is 1.30 bits per heavy atom. The fraction of sp³-hybridized carbons (Fsp3) is 0.0625. The zero-order valence-electron chi connectivity index (χ0n) is 11.8. The first kappa shape index (κ1) is 14.2. The van der Waals surface area contributed by atoms with E-state index >= 15 is 0 Å². The van der Waals surface area contributed by atoms with Gasteiger partial charge >= 0.3 is 0 Å². The Morgan fingerprint density at radius 2 is 2.22 bits per heavy atom. The summed E-state index contributed by atoms with van der Waals surface area (Å²) in [6.07, 6.45) is 3.07. The first-order valence-corrected chi connectivity index (χ1v) is 8.09. The monoisotopic (exact) mass is 343 g/mol. The molecule has 0 saturated heterocycles. The molecule has 0 aliphatic heterocycles. The highest BCUT2D eigenvalue weighted by atomic mass is 35.5. The molecule has 1 aromatic carbocycles. The highest BCUT2D eigenvalue weighted by Crippen LogP contribution is 2.23. The van der Waals surface area contributed by atoms with Crippen molar-refractivity contribution in [2.75, 3.05) is 0 Å². The molecule has 0 unspecified atom stereocenters. The van der Waals surface area contributed by atoms with Gasteiger partial charge in [0.15, 0.2) is 0 Å². The van der Waals surface area contributed by atoms with Crippen LogP contribution in [0.5, 0.6) is 0 Å². The van der Waals surface area contributed by atoms with Crippen LogP contribution in [0, 0.1) is 0 Å². The van der Waals surface area contributed by atoms with Gasteiger partial charge in [0.2, 0.25) is 5.89 Å². The van der Waals surface area contributed by atoms with E-state index in [4.69, 9.17) is 16.0 Å². The van der Waals surface area contributed by atoms with Gasteiger partial charge in [0.05, 0.1) is 34.3 Å². The van der Waals surface area contributed by atoms with Gasteiger partial charge in [0.1, 0.15) is 6.26 Å². The summed E-state index contributed by atoms with van der Waals surface area (Å²) in [5.41, 5.74) is 1.13. The lowest BCUT2D eigenvalue weighted by molar-refractivity contribution is 0.572. The maximum absolute atomic E-state index is 12.5. The number of nitrogens with zero attached hydrogens (tertiary/aromatic N) is 3. The number of thiophene rings is 1. The molecule has 114 valence electrons. The van der Waals surface area contributed by atoms with Gasteiger partial charge in [-0.2, -0.15) is 0 Å². The first-order chi connectivity index (χ1) is 11.2. The Kier molecular flexibility index (Phi) is 3.48. The molecular formula is C16H10ClN3O2S. The smallest absolute Gasteiger partial charge is 0.261 e. The number of benzene rings is 1. The predicted molar refractivity (Wildman–Crippen MR) is 89.9 cm³/mol. The SMILES string of the molecule is O=c1c2cc(Cl)ccc2ncn1Cc1coc(-c2cccs2)n1. The molecule has 0 aliphatic rings. The summed E-state index contributed by atoms with van der Waals surface area (Å²) in [6, 6.07) is 8.94. The molecule has 5 nitrogen and oxygen atoms in total. The lowest BCUT2D eigenvalue weighted by Gasteiger charge is -2.04. The minimum atomic E-state index is -0.154. The minimum Gasteiger partial charge on any atom is -0.443 e. The fourth-order valence-corrected chi connectivity index (χ4v) is 3.14. The number of halogens is 1. The van der Waals surface area contributed by atoms with Gasteiger partial charge in [-0.3, -0.25) is 9.36 Å². The van der Waals surface area contributed by atoms with Crippen LogP contribution in [0.4, 0.5) is 0 Å². The Hall–Kier alpha value is -2.44. The molecule has 23 heavy (non-hydrogen) atoms. The Balaban J connectivity index is 1.70. The van der Waals surface area contributed by atoms with E-state index in [9.17, 15) is 4.79 Å². The van der Waals surface area contributed by atoms with Gasteiger partial charge in [0, 0.05) is 5.02 Å². The molecule has 3 heterocycles. The van der Waals surface area contributed by atoms with E-state index in [0.29, 0.717) is 34.1 Å². The van der Waals surface area contributed by atoms with E-state index in [1.165, 1.54) is 10.9 Å². The van der Waals surface area contributed by atoms with Crippen LogP contribution in [-0.2, 0) is 6.54 Å². The Morgan fingerprint density at radius 3 is 3.04 bits per heavy atom. The van der Waals surface area contributed by atoms with Crippen LogP contribution in [0.1, 0.15) is 5.69 Å². The number of rotatable bonds is 3. The summed E-state index contributed by atoms with van der Waals surface area (Å²) < 4.78 is 6.96. The number of hydrogen-bond donors (Lipinski definition) is 0. The van der Waals surface area contributed by atoms with E-state index in [1.54, 1.807) is 35.8 Å². The van der Waals surface area contributed by atoms with Crippen LogP contribution in [0.3, 0.4) is 0 Å². The molecule has 0 saturated carbocycles. The highest BCUT2D eigenvalue weighted by Gasteiger charge is 2.10. The van der Waals surface area contributed by atoms with Crippen molar-refractivity contribution in [2.45, 2.75) is 6.54 Å². The van der Waals surface area contributed by atoms with Crippen molar-refractivity contribution in [3.8, 4) is 10.8 Å². The topological polar surface area (TPSA) is 60.9 Å². The molecule has 0 amide bonds. The van der Waals surface area contributed by atoms with E-state index in [0.717, 1.165) is 4.88 Å². The molecule has 0 atom stereocenters. The molecule has 7 heteroatoms. The average Bonchev–Trinajstić information content (AvgIpc) is 3.22. The van der Waals surface area contributed by atoms with Gasteiger partial charge in [0.25, 0.3) is 5.56 Å². The van der Waals surface area contributed by atoms with Gasteiger partial charge in [-0.05, 0) is 29.6 Å². The fourth-order valence-electron chi connectivity index (χ4n) is 2.31. The standard InChI is InChI=1S/C16H10ClN3O2S/c17-10-3-4-13-12(6-10)16(21)20(9-18-13)7-11-8-22-15(19-11)14-2-1-5-23-14/h1-6,8-9H,7H2. The lowest BCUT2D eigenvalue weighted by atomic mass is 10.2. The third kappa shape index (κ3) is 2.67. The average molecular weight is 344 g/mol. The summed E-state index contributed by atoms with van der Waals surface area (Å²) in [5.74, 6) is 0.555. The second-order valence-corrected chi connectivity index (χ2v) is 6.34. The summed E-state index contributed by atoms with van der Waals surface area (Å²) >= 11 is 7.51. The van der Waals surface area contributed by atoms with Gasteiger partial charge in [-0.15, -0.1) is 11.3 Å². The normalized spacial score (nSPS) is 11.2. The molecule has 3 aromatic heterocycles. The van der Waals surface area contributed by atoms with Gasteiger partial charge in [-0.25, -0.2) is 9.97 Å². The van der Waals surface area contributed by atoms with Gasteiger partial charge in [-0.1, -0.05) is 17.7 Å². The minimum absolute atomic E-state index is 0.154. The van der Waals surface area contributed by atoms with Crippen molar-refractivity contribution in [3.05, 3.63) is 69.4 Å². The number of aromatic nitrogens is 3. The number of hydrogen-bond acceptors (Lipinski definition) is 5. The number of fused-ring (bicyclic) bond motifs is 1. The Bertz CT molecular complexity index is 1040. The summed E-state index contributed by atoms with van der Waals surface area (Å²) in [6.45, 7) is 0.295. The van der Waals surface area contributed by atoms with Crippen molar-refractivity contribution >= 4 is 33.8 Å². The molecule has 0 fully saturated rings. The molecule has 0 N–H and O–H groups in total. The van der Waals surface area contributed by atoms with E-state index in [1.807, 2.05) is 17.5 Å². The predicted octanol–water partition coefficient (Wildman–Crippen LogP) is 3.81. The van der Waals surface area contributed by atoms with Crippen LogP contribution >= 0.6 is 22.9 Å². The van der Waals surface area contributed by atoms with Crippen LogP contribution in [0.25, 0.3) is 21.7 Å². The summed E-state index contributed by atoms with van der Waals surface area (Å²) in [5, 5.41) is 2.96. The zero-order valence-corrected chi connectivity index (χ0v) is 13.3. The van der Waals surface area contributed by atoms with Crippen LogP contribution < -0.4 is 5.56 Å². The van der Waals surface area contributed by atoms with E-state index in [2.05, 4.69) is 9.97 Å². The first-order valence-electron chi connectivity index (χ1n) is 6.84. The molecular weight excluding hydrogens is 334 g/mol. The van der Waals surface area contributed by atoms with Crippen molar-refractivity contribution in [1.82, 2.24) is 14.5 Å². The molecule has 0 bridgehead atoms. The molecule has 4 aromatic rings. The third-order valence-corrected chi connectivity index (χ3v) is 4.50. The molecule has 0 aliphatic carbocycles. The van der Waals surface area contributed by atoms with Crippen molar-refractivity contribution in [1.29, 1.82) is 0 Å². The summed E-state index contributed by atoms with van der Waals surface area (Å²) in [4.78, 5) is 22.2. The second-order valence-electron chi connectivity index (χ2n) is 4.96. The molecule has 0 radical (unpaired) electrons. The zero-order chi connectivity index (χ0) is 15.8. The van der Waals surface area contributed by atoms with Crippen molar-refractivity contribution in [2.24, 2.45) is 0 Å². The van der Waals surface area contributed by atoms with Gasteiger partial charge < -0.3 is 4.42 Å². The van der Waals surface area contributed by atoms with E-state index in [-0.39, 0.29) is 5.56 Å². The Labute approximate surface area is 139 Å². The van der Waals surface area contributed by atoms with Crippen LogP contribution in [-0.4, -0.2) is 14.5 Å². The van der Waals surface area contributed by atoms with Crippen LogP contribution in [0.2, 0.25) is 5.02 Å². The van der Waals surface area contributed by atoms with Crippen LogP contribution in [0.15, 0.2) is 57.5 Å². The second kappa shape index (κ2) is 5.64. The maximum Gasteiger partial charge on any atom is 0.261 e. The van der Waals surface area contributed by atoms with E-state index < -0.39 is 0 Å². The molecule has 0 spiro atoms. The lowest BCUT2D eigenvalue weighted by Crippen LogP contribution is -2.21. The largest absolute Gasteiger partial charge is 0.443 e. The molecule has 4 rings (SSSR count). The summed E-state index contributed by atoms with van der Waals surface area (Å²) in [7, 11) is 0. The van der Waals surface area contributed by atoms with Crippen molar-refractivity contribution < 1.29 is 4.42 Å². The quantitative estimate of drug-likeness (QED) is 0.567. The van der Waals surface area contributed by atoms with Crippen molar-refractivity contribution in [3.63, 3.8) is 0 Å². The number of oxazole rings is 1. The highest BCUT2D eigenvalue weighted by molar-refractivity contribution is 7.13.